The third-order valence-electron chi connectivity index (χ3n) is 3.68. The third-order valence-corrected chi connectivity index (χ3v) is 3.68. The van der Waals surface area contributed by atoms with Gasteiger partial charge >= 0.3 is 51.4 Å². The molecule has 1 fully saturated rings. The van der Waals surface area contributed by atoms with Gasteiger partial charge in [-0.3, -0.25) is 0 Å². The molecule has 0 aliphatic carbocycles. The summed E-state index contributed by atoms with van der Waals surface area (Å²) in [4.78, 5) is 15.0. The van der Waals surface area contributed by atoms with E-state index in [9.17, 15) is 4.79 Å². The first-order chi connectivity index (χ1) is 9.34. The van der Waals surface area contributed by atoms with E-state index in [0.717, 1.165) is 31.3 Å². The number of amides is 1. The fraction of sp³-hybridized carbons (Fsp3) is 0.400. The van der Waals surface area contributed by atoms with Crippen molar-refractivity contribution < 1.29 is 56.2 Å². The van der Waals surface area contributed by atoms with Gasteiger partial charge in [0, 0.05) is 23.1 Å². The van der Waals surface area contributed by atoms with E-state index in [1.807, 2.05) is 18.3 Å². The van der Waals surface area contributed by atoms with E-state index in [4.69, 9.17) is 0 Å². The van der Waals surface area contributed by atoms with Gasteiger partial charge in [-0.05, 0) is 37.4 Å². The summed E-state index contributed by atoms with van der Waals surface area (Å²) in [7, 11) is 0. The minimum atomic E-state index is -0.0389. The first-order valence-electron chi connectivity index (χ1n) is 6.84. The van der Waals surface area contributed by atoms with Crippen molar-refractivity contribution in [1.29, 1.82) is 0 Å². The summed E-state index contributed by atoms with van der Waals surface area (Å²) in [6.45, 7) is 1.51. The largest absolute Gasteiger partial charge is 1.00 e. The summed E-state index contributed by atoms with van der Waals surface area (Å²) in [6, 6.07) is 8.17. The molecule has 1 unspecified atom stereocenters. The van der Waals surface area contributed by atoms with Crippen LogP contribution in [0.5, 0.6) is 0 Å². The van der Waals surface area contributed by atoms with Gasteiger partial charge in [-0.25, -0.2) is 0 Å². The molecule has 2 aromatic rings. The Morgan fingerprint density at radius 3 is 3.00 bits per heavy atom. The summed E-state index contributed by atoms with van der Waals surface area (Å²) in [6.07, 6.45) is 4.82. The molecular formula is C15H18KN3O. The second kappa shape index (κ2) is 7.73. The maximum absolute atomic E-state index is 11.8. The molecule has 1 aliphatic heterocycles. The van der Waals surface area contributed by atoms with Crippen molar-refractivity contribution in [1.82, 2.24) is 10.3 Å². The first-order valence-corrected chi connectivity index (χ1v) is 6.84. The quantitative estimate of drug-likeness (QED) is 0.738. The Hall–Kier alpha value is -0.174. The molecule has 1 aromatic heterocycles. The van der Waals surface area contributed by atoms with Gasteiger partial charge in [0.15, 0.2) is 0 Å². The van der Waals surface area contributed by atoms with E-state index in [1.54, 1.807) is 0 Å². The fourth-order valence-electron chi connectivity index (χ4n) is 2.63. The van der Waals surface area contributed by atoms with Crippen molar-refractivity contribution in [2.24, 2.45) is 0 Å². The number of benzene rings is 1. The Morgan fingerprint density at radius 2 is 2.20 bits per heavy atom. The van der Waals surface area contributed by atoms with E-state index in [0.29, 0.717) is 6.54 Å². The van der Waals surface area contributed by atoms with Crippen molar-refractivity contribution in [3.05, 3.63) is 41.3 Å². The molecule has 5 heteroatoms. The number of nitrogens with one attached hydrogen (secondary N) is 2. The zero-order valence-corrected chi connectivity index (χ0v) is 15.0. The van der Waals surface area contributed by atoms with Crippen molar-refractivity contribution >= 4 is 16.8 Å². The molecule has 1 aromatic carbocycles. The number of rotatable bonds is 4. The molecular weight excluding hydrogens is 277 g/mol. The topological polar surface area (TPSA) is 59.0 Å². The molecule has 0 spiro atoms. The average Bonchev–Trinajstić information content (AvgIpc) is 3.08. The minimum absolute atomic E-state index is 0. The van der Waals surface area contributed by atoms with Crippen LogP contribution in [-0.2, 0) is 11.2 Å². The number of carbonyl (C=O) groups excluding carboxylic acids is 1. The molecule has 1 atom stereocenters. The molecule has 20 heavy (non-hydrogen) atoms. The van der Waals surface area contributed by atoms with Crippen LogP contribution in [0.4, 0.5) is 0 Å². The van der Waals surface area contributed by atoms with Crippen LogP contribution >= 0.6 is 0 Å². The molecule has 3 rings (SSSR count). The summed E-state index contributed by atoms with van der Waals surface area (Å²) in [5.74, 6) is 0.0114. The Bertz CT molecular complexity index is 575. The third kappa shape index (κ3) is 3.72. The zero-order valence-electron chi connectivity index (χ0n) is 11.9. The number of hydrogen-bond acceptors (Lipinski definition) is 2. The number of para-hydroxylation sites is 1. The molecule has 1 saturated heterocycles. The van der Waals surface area contributed by atoms with E-state index in [1.165, 1.54) is 10.9 Å². The van der Waals surface area contributed by atoms with Crippen LogP contribution in [0.15, 0.2) is 30.5 Å². The SMILES string of the molecule is O=C([N-]CCc1c[nH]c2ccccc12)C1CCCN1.[K+]. The van der Waals surface area contributed by atoms with Crippen LogP contribution in [0.25, 0.3) is 16.2 Å². The van der Waals surface area contributed by atoms with Crippen LogP contribution in [0.3, 0.4) is 0 Å². The normalized spacial score (nSPS) is 17.9. The fourth-order valence-corrected chi connectivity index (χ4v) is 2.63. The number of fused-ring (bicyclic) bond motifs is 1. The van der Waals surface area contributed by atoms with Gasteiger partial charge in [0.25, 0.3) is 0 Å². The van der Waals surface area contributed by atoms with Crippen LogP contribution in [-0.4, -0.2) is 30.0 Å². The predicted octanol–water partition coefficient (Wildman–Crippen LogP) is -0.633. The number of aromatic amines is 1. The zero-order chi connectivity index (χ0) is 13.1. The van der Waals surface area contributed by atoms with Gasteiger partial charge in [0.05, 0.1) is 5.91 Å². The van der Waals surface area contributed by atoms with Gasteiger partial charge < -0.3 is 20.4 Å². The summed E-state index contributed by atoms with van der Waals surface area (Å²) < 4.78 is 0. The molecule has 0 bridgehead atoms. The summed E-state index contributed by atoms with van der Waals surface area (Å²) in [5.41, 5.74) is 2.37. The summed E-state index contributed by atoms with van der Waals surface area (Å²) >= 11 is 0. The number of carbonyl (C=O) groups is 1. The van der Waals surface area contributed by atoms with Gasteiger partial charge in [0.2, 0.25) is 0 Å². The van der Waals surface area contributed by atoms with Gasteiger partial charge in [0.1, 0.15) is 0 Å². The van der Waals surface area contributed by atoms with E-state index in [-0.39, 0.29) is 63.3 Å². The second-order valence-electron chi connectivity index (χ2n) is 4.98. The van der Waals surface area contributed by atoms with Crippen LogP contribution in [0, 0.1) is 0 Å². The maximum Gasteiger partial charge on any atom is 1.00 e. The van der Waals surface area contributed by atoms with Gasteiger partial charge in [-0.15, -0.1) is 6.54 Å². The molecule has 100 valence electrons. The number of hydrogen-bond donors (Lipinski definition) is 2. The van der Waals surface area contributed by atoms with E-state index < -0.39 is 0 Å². The average molecular weight is 295 g/mol. The van der Waals surface area contributed by atoms with E-state index >= 15 is 0 Å². The Balaban J connectivity index is 0.00000147. The Labute approximate surface area is 161 Å². The summed E-state index contributed by atoms with van der Waals surface area (Å²) in [5, 5.41) is 8.58. The van der Waals surface area contributed by atoms with Crippen LogP contribution in [0.1, 0.15) is 18.4 Å². The monoisotopic (exact) mass is 295 g/mol. The smallest absolute Gasteiger partial charge is 0.652 e. The number of nitrogens with zero attached hydrogens (tertiary/aromatic N) is 1. The molecule has 2 N–H and O–H groups in total. The minimum Gasteiger partial charge on any atom is -0.652 e. The molecule has 0 saturated carbocycles. The first kappa shape index (κ1) is 16.2. The van der Waals surface area contributed by atoms with E-state index in [2.05, 4.69) is 27.8 Å². The van der Waals surface area contributed by atoms with Crippen molar-refractivity contribution in [3.63, 3.8) is 0 Å². The maximum atomic E-state index is 11.8. The standard InChI is InChI=1S/C15H19N3O.K/c19-15(14-6-3-8-16-14)17-9-7-11-10-18-13-5-2-1-4-12(11)13;/h1-2,4-5,10,14,16,18H,3,6-9H2,(H,17,19);/q;+1/p-1. The number of H-pyrrole nitrogens is 1. The van der Waals surface area contributed by atoms with Crippen LogP contribution < -0.4 is 56.7 Å². The Morgan fingerprint density at radius 1 is 1.35 bits per heavy atom. The van der Waals surface area contributed by atoms with Gasteiger partial charge in [-0.1, -0.05) is 18.2 Å². The molecule has 1 amide bonds. The molecule has 0 radical (unpaired) electrons. The van der Waals surface area contributed by atoms with Crippen LogP contribution in [0.2, 0.25) is 0 Å². The molecule has 2 heterocycles. The van der Waals surface area contributed by atoms with Crippen molar-refractivity contribution in [3.8, 4) is 0 Å². The number of aromatic nitrogens is 1. The second-order valence-corrected chi connectivity index (χ2v) is 4.98. The molecule has 4 nitrogen and oxygen atoms in total. The predicted molar refractivity (Wildman–Crippen MR) is 76.3 cm³/mol. The molecule has 1 aliphatic rings. The van der Waals surface area contributed by atoms with Crippen molar-refractivity contribution in [2.45, 2.75) is 25.3 Å². The Kier molecular flexibility index (Phi) is 6.26. The van der Waals surface area contributed by atoms with Gasteiger partial charge in [-0.2, -0.15) is 0 Å². The van der Waals surface area contributed by atoms with Crippen molar-refractivity contribution in [2.75, 3.05) is 13.1 Å².